The highest BCUT2D eigenvalue weighted by Gasteiger charge is 2.25. The van der Waals surface area contributed by atoms with E-state index in [1.807, 2.05) is 20.8 Å². The molecule has 2 heterocycles. The number of aromatic nitrogens is 3. The topological polar surface area (TPSA) is 68.0 Å². The third kappa shape index (κ3) is 1.77. The van der Waals surface area contributed by atoms with Crippen LogP contribution in [0, 0.1) is 0 Å². The monoisotopic (exact) mass is 233 g/mol. The van der Waals surface area contributed by atoms with Crippen molar-refractivity contribution in [3.63, 3.8) is 0 Å². The fraction of sp³-hybridized carbons (Fsp3) is 0.417. The second-order valence-corrected chi connectivity index (χ2v) is 5.13. The van der Waals surface area contributed by atoms with Gasteiger partial charge in [0.2, 0.25) is 0 Å². The van der Waals surface area contributed by atoms with E-state index < -0.39 is 5.97 Å². The quantitative estimate of drug-likeness (QED) is 0.817. The molecule has 0 saturated heterocycles. The highest BCUT2D eigenvalue weighted by molar-refractivity contribution is 6.03. The van der Waals surface area contributed by atoms with Gasteiger partial charge < -0.3 is 9.67 Å². The number of aryl methyl sites for hydroxylation is 1. The Morgan fingerprint density at radius 1 is 1.35 bits per heavy atom. The van der Waals surface area contributed by atoms with Gasteiger partial charge in [0.25, 0.3) is 0 Å². The lowest BCUT2D eigenvalue weighted by atomic mass is 9.89. The number of carbonyl (C=O) groups is 1. The molecule has 0 aliphatic rings. The molecule has 0 fully saturated rings. The highest BCUT2D eigenvalue weighted by Crippen LogP contribution is 2.30. The second kappa shape index (κ2) is 3.55. The average molecular weight is 233 g/mol. The lowest BCUT2D eigenvalue weighted by Gasteiger charge is -2.18. The Labute approximate surface area is 99.1 Å². The van der Waals surface area contributed by atoms with Crippen LogP contribution < -0.4 is 0 Å². The predicted molar refractivity (Wildman–Crippen MR) is 64.2 cm³/mol. The Bertz CT molecular complexity index is 594. The first kappa shape index (κ1) is 11.6. The lowest BCUT2D eigenvalue weighted by Crippen LogP contribution is -2.15. The molecule has 1 N–H and O–H groups in total. The van der Waals surface area contributed by atoms with Crippen LogP contribution in [0.15, 0.2) is 12.5 Å². The minimum atomic E-state index is -0.948. The normalized spacial score (nSPS) is 12.0. The van der Waals surface area contributed by atoms with Crippen LogP contribution in [0.3, 0.4) is 0 Å². The molecule has 0 amide bonds. The van der Waals surface area contributed by atoms with Gasteiger partial charge >= 0.3 is 5.97 Å². The molecule has 0 aliphatic heterocycles. The van der Waals surface area contributed by atoms with E-state index in [4.69, 9.17) is 0 Å². The summed E-state index contributed by atoms with van der Waals surface area (Å²) in [5, 5.41) is 9.85. The fourth-order valence-electron chi connectivity index (χ4n) is 1.94. The van der Waals surface area contributed by atoms with Gasteiger partial charge in [-0.05, 0) is 0 Å². The van der Waals surface area contributed by atoms with Crippen molar-refractivity contribution in [3.05, 3.63) is 23.8 Å². The van der Waals surface area contributed by atoms with E-state index in [0.29, 0.717) is 11.0 Å². The Hall–Kier alpha value is -1.91. The van der Waals surface area contributed by atoms with Crippen LogP contribution in [-0.2, 0) is 12.5 Å². The van der Waals surface area contributed by atoms with Gasteiger partial charge in [-0.25, -0.2) is 14.8 Å². The maximum atomic E-state index is 11.2. The molecular weight excluding hydrogens is 218 g/mol. The molecule has 0 atom stereocenters. The second-order valence-electron chi connectivity index (χ2n) is 5.13. The predicted octanol–water partition coefficient (Wildman–Crippen LogP) is 1.96. The van der Waals surface area contributed by atoms with Crippen LogP contribution in [-0.4, -0.2) is 25.6 Å². The smallest absolute Gasteiger partial charge is 0.338 e. The summed E-state index contributed by atoms with van der Waals surface area (Å²) in [4.78, 5) is 19.6. The molecule has 90 valence electrons. The van der Waals surface area contributed by atoms with E-state index in [9.17, 15) is 9.90 Å². The summed E-state index contributed by atoms with van der Waals surface area (Å²) in [5.74, 6) is -0.948. The summed E-state index contributed by atoms with van der Waals surface area (Å²) in [6.45, 7) is 6.02. The largest absolute Gasteiger partial charge is 0.478 e. The number of carboxylic acid groups (broad SMARTS) is 1. The van der Waals surface area contributed by atoms with E-state index in [1.165, 1.54) is 6.33 Å². The number of fused-ring (bicyclic) bond motifs is 1. The Kier molecular flexibility index (Phi) is 2.41. The summed E-state index contributed by atoms with van der Waals surface area (Å²) in [5.41, 5.74) is 1.46. The molecule has 5 nitrogen and oxygen atoms in total. The molecule has 0 spiro atoms. The van der Waals surface area contributed by atoms with Gasteiger partial charge in [-0.3, -0.25) is 0 Å². The minimum absolute atomic E-state index is 0.216. The molecule has 0 radical (unpaired) electrons. The minimum Gasteiger partial charge on any atom is -0.478 e. The summed E-state index contributed by atoms with van der Waals surface area (Å²) in [7, 11) is 1.79. The molecule has 2 rings (SSSR count). The Morgan fingerprint density at radius 2 is 2.00 bits per heavy atom. The van der Waals surface area contributed by atoms with Crippen molar-refractivity contribution in [2.24, 2.45) is 7.05 Å². The average Bonchev–Trinajstić information content (AvgIpc) is 2.55. The van der Waals surface area contributed by atoms with Gasteiger partial charge in [-0.1, -0.05) is 20.8 Å². The molecule has 0 aromatic carbocycles. The van der Waals surface area contributed by atoms with Crippen LogP contribution in [0.2, 0.25) is 0 Å². The molecule has 0 saturated carbocycles. The zero-order valence-corrected chi connectivity index (χ0v) is 10.4. The van der Waals surface area contributed by atoms with Gasteiger partial charge in [0.15, 0.2) is 0 Å². The maximum absolute atomic E-state index is 11.2. The van der Waals surface area contributed by atoms with Gasteiger partial charge in [0.05, 0.1) is 16.6 Å². The highest BCUT2D eigenvalue weighted by atomic mass is 16.4. The zero-order valence-electron chi connectivity index (χ0n) is 10.4. The molecule has 5 heteroatoms. The SMILES string of the molecule is Cn1cc(C(=O)O)c2c(C(C)(C)C)ncnc21. The third-order valence-corrected chi connectivity index (χ3v) is 2.69. The first-order chi connectivity index (χ1) is 7.82. The van der Waals surface area contributed by atoms with E-state index in [1.54, 1.807) is 17.8 Å². The molecule has 0 bridgehead atoms. The van der Waals surface area contributed by atoms with Crippen molar-refractivity contribution in [1.82, 2.24) is 14.5 Å². The van der Waals surface area contributed by atoms with E-state index in [-0.39, 0.29) is 11.0 Å². The number of hydrogen-bond acceptors (Lipinski definition) is 3. The number of aromatic carboxylic acids is 1. The number of carboxylic acids is 1. The van der Waals surface area contributed by atoms with E-state index in [2.05, 4.69) is 9.97 Å². The molecular formula is C12H15N3O2. The Balaban J connectivity index is 2.91. The van der Waals surface area contributed by atoms with Crippen LogP contribution >= 0.6 is 0 Å². The van der Waals surface area contributed by atoms with Gasteiger partial charge in [0, 0.05) is 18.7 Å². The zero-order chi connectivity index (χ0) is 12.8. The van der Waals surface area contributed by atoms with Crippen molar-refractivity contribution >= 4 is 17.0 Å². The van der Waals surface area contributed by atoms with Gasteiger partial charge in [-0.15, -0.1) is 0 Å². The van der Waals surface area contributed by atoms with Crippen LogP contribution in [0.25, 0.3) is 11.0 Å². The van der Waals surface area contributed by atoms with E-state index in [0.717, 1.165) is 5.69 Å². The molecule has 2 aromatic rings. The number of rotatable bonds is 1. The summed E-state index contributed by atoms with van der Waals surface area (Å²) in [6, 6.07) is 0. The van der Waals surface area contributed by atoms with Crippen molar-refractivity contribution in [2.75, 3.05) is 0 Å². The molecule has 2 aromatic heterocycles. The van der Waals surface area contributed by atoms with Crippen molar-refractivity contribution < 1.29 is 9.90 Å². The lowest BCUT2D eigenvalue weighted by molar-refractivity contribution is 0.0698. The van der Waals surface area contributed by atoms with E-state index >= 15 is 0 Å². The van der Waals surface area contributed by atoms with Crippen molar-refractivity contribution in [1.29, 1.82) is 0 Å². The van der Waals surface area contributed by atoms with Crippen LogP contribution in [0.4, 0.5) is 0 Å². The fourth-order valence-corrected chi connectivity index (χ4v) is 1.94. The molecule has 0 aliphatic carbocycles. The van der Waals surface area contributed by atoms with Gasteiger partial charge in [-0.2, -0.15) is 0 Å². The Morgan fingerprint density at radius 3 is 2.53 bits per heavy atom. The first-order valence-corrected chi connectivity index (χ1v) is 5.36. The summed E-state index contributed by atoms with van der Waals surface area (Å²) in [6.07, 6.45) is 3.06. The van der Waals surface area contributed by atoms with Crippen molar-refractivity contribution in [2.45, 2.75) is 26.2 Å². The number of hydrogen-bond donors (Lipinski definition) is 1. The summed E-state index contributed by atoms with van der Waals surface area (Å²) >= 11 is 0. The maximum Gasteiger partial charge on any atom is 0.338 e. The third-order valence-electron chi connectivity index (χ3n) is 2.69. The molecule has 0 unspecified atom stereocenters. The van der Waals surface area contributed by atoms with Crippen LogP contribution in [0.1, 0.15) is 36.8 Å². The summed E-state index contributed by atoms with van der Waals surface area (Å²) < 4.78 is 1.72. The standard InChI is InChI=1S/C12H15N3O2/c1-12(2,3)9-8-7(11(16)17)5-15(4)10(8)14-6-13-9/h5-6H,1-4H3,(H,16,17). The van der Waals surface area contributed by atoms with Crippen LogP contribution in [0.5, 0.6) is 0 Å². The van der Waals surface area contributed by atoms with Crippen molar-refractivity contribution in [3.8, 4) is 0 Å². The first-order valence-electron chi connectivity index (χ1n) is 5.36. The number of nitrogens with zero attached hydrogens (tertiary/aromatic N) is 3. The van der Waals surface area contributed by atoms with Gasteiger partial charge in [0.1, 0.15) is 12.0 Å². The molecule has 17 heavy (non-hydrogen) atoms.